The number of methoxy groups -OCH3 is 1. The molecule has 0 radical (unpaired) electrons. The van der Waals surface area contributed by atoms with Crippen molar-refractivity contribution in [3.05, 3.63) is 18.0 Å². The molecular formula is C9H17N3O. The highest BCUT2D eigenvalue weighted by molar-refractivity contribution is 5.08. The lowest BCUT2D eigenvalue weighted by Crippen LogP contribution is -2.11. The van der Waals surface area contributed by atoms with Gasteiger partial charge in [-0.15, -0.1) is 0 Å². The summed E-state index contributed by atoms with van der Waals surface area (Å²) < 4.78 is 6.91. The van der Waals surface area contributed by atoms with E-state index in [2.05, 4.69) is 12.0 Å². The summed E-state index contributed by atoms with van der Waals surface area (Å²) in [5.74, 6) is 0. The molecule has 2 atom stereocenters. The summed E-state index contributed by atoms with van der Waals surface area (Å²) in [5.41, 5.74) is 6.77. The average Bonchev–Trinajstić information content (AvgIpc) is 2.52. The molecule has 1 heterocycles. The lowest BCUT2D eigenvalue weighted by atomic mass is 10.2. The standard InChI is InChI=1S/C9H17N3O/c1-7(6-13-3)12-5-9(4-11-12)8(2)10/h4-5,7-8H,6,10H2,1-3H3. The Morgan fingerprint density at radius 2 is 2.31 bits per heavy atom. The zero-order valence-corrected chi connectivity index (χ0v) is 8.40. The van der Waals surface area contributed by atoms with Crippen LogP contribution in [0.5, 0.6) is 0 Å². The highest BCUT2D eigenvalue weighted by Gasteiger charge is 2.07. The summed E-state index contributed by atoms with van der Waals surface area (Å²) in [7, 11) is 1.69. The van der Waals surface area contributed by atoms with Crippen LogP contribution in [-0.4, -0.2) is 23.5 Å². The Bertz CT molecular complexity index is 257. The SMILES string of the molecule is COCC(C)n1cc(C(C)N)cn1. The van der Waals surface area contributed by atoms with Gasteiger partial charge in [0.2, 0.25) is 0 Å². The highest BCUT2D eigenvalue weighted by atomic mass is 16.5. The van der Waals surface area contributed by atoms with Crippen LogP contribution in [0.15, 0.2) is 12.4 Å². The molecule has 0 spiro atoms. The number of aromatic nitrogens is 2. The number of hydrogen-bond donors (Lipinski definition) is 1. The Morgan fingerprint density at radius 1 is 1.62 bits per heavy atom. The first-order valence-corrected chi connectivity index (χ1v) is 4.43. The second kappa shape index (κ2) is 4.39. The molecule has 1 rings (SSSR count). The first-order chi connectivity index (χ1) is 6.15. The van der Waals surface area contributed by atoms with E-state index in [0.717, 1.165) is 5.56 Å². The van der Waals surface area contributed by atoms with Gasteiger partial charge < -0.3 is 10.5 Å². The summed E-state index contributed by atoms with van der Waals surface area (Å²) >= 11 is 0. The molecule has 13 heavy (non-hydrogen) atoms. The van der Waals surface area contributed by atoms with E-state index in [-0.39, 0.29) is 12.1 Å². The first kappa shape index (κ1) is 10.2. The van der Waals surface area contributed by atoms with E-state index in [4.69, 9.17) is 10.5 Å². The molecule has 0 aliphatic rings. The van der Waals surface area contributed by atoms with Crippen LogP contribution in [-0.2, 0) is 4.74 Å². The number of hydrogen-bond acceptors (Lipinski definition) is 3. The van der Waals surface area contributed by atoms with Gasteiger partial charge in [-0.2, -0.15) is 5.10 Å². The fourth-order valence-corrected chi connectivity index (χ4v) is 1.15. The molecule has 0 saturated carbocycles. The minimum atomic E-state index is 0.0449. The lowest BCUT2D eigenvalue weighted by Gasteiger charge is -2.10. The van der Waals surface area contributed by atoms with Crippen molar-refractivity contribution in [3.8, 4) is 0 Å². The zero-order chi connectivity index (χ0) is 9.84. The number of rotatable bonds is 4. The summed E-state index contributed by atoms with van der Waals surface area (Å²) in [6.07, 6.45) is 3.77. The molecule has 4 nitrogen and oxygen atoms in total. The zero-order valence-electron chi connectivity index (χ0n) is 8.40. The van der Waals surface area contributed by atoms with Gasteiger partial charge in [0.05, 0.1) is 18.8 Å². The van der Waals surface area contributed by atoms with Gasteiger partial charge in [0.1, 0.15) is 0 Å². The third-order valence-corrected chi connectivity index (χ3v) is 2.01. The van der Waals surface area contributed by atoms with Crippen LogP contribution in [0.4, 0.5) is 0 Å². The Balaban J connectivity index is 2.67. The van der Waals surface area contributed by atoms with Crippen molar-refractivity contribution in [2.45, 2.75) is 25.9 Å². The number of nitrogens with zero attached hydrogens (tertiary/aromatic N) is 2. The molecule has 0 aromatic carbocycles. The smallest absolute Gasteiger partial charge is 0.0724 e. The molecule has 2 unspecified atom stereocenters. The van der Waals surface area contributed by atoms with E-state index in [1.54, 1.807) is 13.3 Å². The summed E-state index contributed by atoms with van der Waals surface area (Å²) in [5, 5.41) is 4.21. The van der Waals surface area contributed by atoms with Crippen LogP contribution in [0.25, 0.3) is 0 Å². The predicted octanol–water partition coefficient (Wildman–Crippen LogP) is 1.11. The van der Waals surface area contributed by atoms with Crippen molar-refractivity contribution in [1.29, 1.82) is 0 Å². The molecule has 2 N–H and O–H groups in total. The second-order valence-corrected chi connectivity index (χ2v) is 3.35. The van der Waals surface area contributed by atoms with Gasteiger partial charge in [-0.3, -0.25) is 4.68 Å². The fraction of sp³-hybridized carbons (Fsp3) is 0.667. The summed E-state index contributed by atoms with van der Waals surface area (Å²) in [6.45, 7) is 4.67. The van der Waals surface area contributed by atoms with Crippen LogP contribution in [0.2, 0.25) is 0 Å². The Kier molecular flexibility index (Phi) is 3.45. The van der Waals surface area contributed by atoms with Crippen LogP contribution in [0.1, 0.15) is 31.5 Å². The van der Waals surface area contributed by atoms with Crippen molar-refractivity contribution in [1.82, 2.24) is 9.78 Å². The van der Waals surface area contributed by atoms with Gasteiger partial charge in [0, 0.05) is 24.9 Å². The molecule has 0 fully saturated rings. The van der Waals surface area contributed by atoms with E-state index in [1.165, 1.54) is 0 Å². The maximum absolute atomic E-state index is 5.72. The third kappa shape index (κ3) is 2.54. The lowest BCUT2D eigenvalue weighted by molar-refractivity contribution is 0.157. The topological polar surface area (TPSA) is 53.1 Å². The molecule has 0 saturated heterocycles. The minimum Gasteiger partial charge on any atom is -0.382 e. The molecule has 0 aliphatic heterocycles. The van der Waals surface area contributed by atoms with Gasteiger partial charge in [0.25, 0.3) is 0 Å². The second-order valence-electron chi connectivity index (χ2n) is 3.35. The van der Waals surface area contributed by atoms with E-state index in [1.807, 2.05) is 17.8 Å². The van der Waals surface area contributed by atoms with Crippen molar-refractivity contribution in [2.24, 2.45) is 5.73 Å². The third-order valence-electron chi connectivity index (χ3n) is 2.01. The van der Waals surface area contributed by atoms with E-state index in [9.17, 15) is 0 Å². The normalized spacial score (nSPS) is 15.7. The molecule has 4 heteroatoms. The molecule has 74 valence electrons. The molecule has 0 bridgehead atoms. The van der Waals surface area contributed by atoms with Crippen molar-refractivity contribution in [2.75, 3.05) is 13.7 Å². The maximum Gasteiger partial charge on any atom is 0.0724 e. The minimum absolute atomic E-state index is 0.0449. The van der Waals surface area contributed by atoms with Crippen LogP contribution >= 0.6 is 0 Å². The van der Waals surface area contributed by atoms with Crippen molar-refractivity contribution >= 4 is 0 Å². The van der Waals surface area contributed by atoms with Gasteiger partial charge in [0.15, 0.2) is 0 Å². The number of ether oxygens (including phenoxy) is 1. The van der Waals surface area contributed by atoms with E-state index >= 15 is 0 Å². The summed E-state index contributed by atoms with van der Waals surface area (Å²) in [4.78, 5) is 0. The van der Waals surface area contributed by atoms with Gasteiger partial charge in [-0.05, 0) is 13.8 Å². The van der Waals surface area contributed by atoms with Crippen LogP contribution in [0, 0.1) is 0 Å². The first-order valence-electron chi connectivity index (χ1n) is 4.43. The molecule has 0 amide bonds. The van der Waals surface area contributed by atoms with Gasteiger partial charge in [-0.25, -0.2) is 0 Å². The molecular weight excluding hydrogens is 166 g/mol. The maximum atomic E-state index is 5.72. The van der Waals surface area contributed by atoms with Crippen LogP contribution in [0.3, 0.4) is 0 Å². The van der Waals surface area contributed by atoms with Gasteiger partial charge >= 0.3 is 0 Å². The Hall–Kier alpha value is -0.870. The average molecular weight is 183 g/mol. The van der Waals surface area contributed by atoms with E-state index < -0.39 is 0 Å². The van der Waals surface area contributed by atoms with Gasteiger partial charge in [-0.1, -0.05) is 0 Å². The fourth-order valence-electron chi connectivity index (χ4n) is 1.15. The molecule has 0 aliphatic carbocycles. The quantitative estimate of drug-likeness (QED) is 0.760. The highest BCUT2D eigenvalue weighted by Crippen LogP contribution is 2.11. The largest absolute Gasteiger partial charge is 0.382 e. The Labute approximate surface area is 78.7 Å². The monoisotopic (exact) mass is 183 g/mol. The summed E-state index contributed by atoms with van der Waals surface area (Å²) in [6, 6.07) is 0.306. The van der Waals surface area contributed by atoms with E-state index in [0.29, 0.717) is 6.61 Å². The predicted molar refractivity (Wildman–Crippen MR) is 51.4 cm³/mol. The molecule has 1 aromatic heterocycles. The number of nitrogens with two attached hydrogens (primary N) is 1. The van der Waals surface area contributed by atoms with Crippen molar-refractivity contribution in [3.63, 3.8) is 0 Å². The molecule has 1 aromatic rings. The van der Waals surface area contributed by atoms with Crippen molar-refractivity contribution < 1.29 is 4.74 Å². The Morgan fingerprint density at radius 3 is 2.77 bits per heavy atom. The van der Waals surface area contributed by atoms with Crippen LogP contribution < -0.4 is 5.73 Å².